The number of hydrogen-bond acceptors (Lipinski definition) is 7. The van der Waals surface area contributed by atoms with Gasteiger partial charge in [0.1, 0.15) is 11.1 Å². The van der Waals surface area contributed by atoms with Gasteiger partial charge in [0.2, 0.25) is 0 Å². The fourth-order valence-corrected chi connectivity index (χ4v) is 5.37. The van der Waals surface area contributed by atoms with Crippen molar-refractivity contribution in [2.45, 2.75) is 25.0 Å². The van der Waals surface area contributed by atoms with E-state index in [-0.39, 0.29) is 28.1 Å². The first kappa shape index (κ1) is 18.1. The smallest absolute Gasteiger partial charge is 0.338 e. The number of nitro benzene ring substituents is 1. The molecule has 1 aromatic carbocycles. The summed E-state index contributed by atoms with van der Waals surface area (Å²) in [5, 5.41) is 10.9. The first-order valence-electron chi connectivity index (χ1n) is 7.86. The fourth-order valence-electron chi connectivity index (χ4n) is 3.31. The quantitative estimate of drug-likeness (QED) is 0.438. The van der Waals surface area contributed by atoms with Gasteiger partial charge in [0, 0.05) is 6.07 Å². The number of ether oxygens (including phenoxy) is 1. The summed E-state index contributed by atoms with van der Waals surface area (Å²) in [4.78, 5) is 24.6. The molecule has 2 heterocycles. The Morgan fingerprint density at radius 3 is 2.60 bits per heavy atom. The average Bonchev–Trinajstić information content (AvgIpc) is 3.14. The van der Waals surface area contributed by atoms with Gasteiger partial charge >= 0.3 is 5.97 Å². The molecule has 136 valence electrons. The number of benzene rings is 1. The van der Waals surface area contributed by atoms with Gasteiger partial charge in [0.15, 0.2) is 9.84 Å². The minimum atomic E-state index is -3.29. The van der Waals surface area contributed by atoms with Crippen LogP contribution in [0.4, 0.5) is 5.69 Å². The maximum atomic E-state index is 12.4. The molecule has 2 aliphatic rings. The summed E-state index contributed by atoms with van der Waals surface area (Å²) in [6, 6.07) is 3.25. The summed E-state index contributed by atoms with van der Waals surface area (Å²) in [7, 11) is -3.29. The van der Waals surface area contributed by atoms with E-state index in [0.717, 1.165) is 32.0 Å². The van der Waals surface area contributed by atoms with Crippen molar-refractivity contribution in [2.24, 2.45) is 0 Å². The van der Waals surface area contributed by atoms with E-state index in [2.05, 4.69) is 0 Å². The summed E-state index contributed by atoms with van der Waals surface area (Å²) in [6.45, 7) is 1.56. The molecule has 2 fully saturated rings. The lowest BCUT2D eigenvalue weighted by atomic mass is 10.1. The first-order valence-corrected chi connectivity index (χ1v) is 10.1. The first-order chi connectivity index (χ1) is 11.8. The second kappa shape index (κ2) is 6.89. The molecule has 2 aliphatic heterocycles. The van der Waals surface area contributed by atoms with Gasteiger partial charge in [-0.05, 0) is 38.1 Å². The van der Waals surface area contributed by atoms with Crippen LogP contribution in [0, 0.1) is 10.1 Å². The zero-order valence-electron chi connectivity index (χ0n) is 13.3. The van der Waals surface area contributed by atoms with Gasteiger partial charge in [-0.3, -0.25) is 15.0 Å². The molecule has 10 heteroatoms. The predicted molar refractivity (Wildman–Crippen MR) is 90.6 cm³/mol. The lowest BCUT2D eigenvalue weighted by Crippen LogP contribution is -2.43. The maximum Gasteiger partial charge on any atom is 0.338 e. The molecule has 0 radical (unpaired) electrons. The standard InChI is InChI=1S/C15H17ClN2O6S/c16-11-4-3-10(7-12(11)18(20)21)15(19)24-14-9-25(22,23)8-13(14)17-5-1-2-6-17/h3-4,7,13-14H,1-2,5-6,8-9H2. The van der Waals surface area contributed by atoms with Crippen molar-refractivity contribution in [3.8, 4) is 0 Å². The van der Waals surface area contributed by atoms with E-state index < -0.39 is 32.5 Å². The third-order valence-electron chi connectivity index (χ3n) is 4.52. The summed E-state index contributed by atoms with van der Waals surface area (Å²) in [6.07, 6.45) is 1.20. The van der Waals surface area contributed by atoms with Crippen LogP contribution in [0.3, 0.4) is 0 Å². The predicted octanol–water partition coefficient (Wildman–Crippen LogP) is 1.67. The highest BCUT2D eigenvalue weighted by atomic mass is 35.5. The lowest BCUT2D eigenvalue weighted by Gasteiger charge is -2.27. The summed E-state index contributed by atoms with van der Waals surface area (Å²) in [5.74, 6) is -1.05. The maximum absolute atomic E-state index is 12.4. The normalized spacial score (nSPS) is 25.8. The van der Waals surface area contributed by atoms with E-state index in [1.165, 1.54) is 12.1 Å². The number of rotatable bonds is 4. The number of hydrogen-bond donors (Lipinski definition) is 0. The number of carbonyl (C=O) groups is 1. The average molecular weight is 389 g/mol. The van der Waals surface area contributed by atoms with Crippen LogP contribution in [0.1, 0.15) is 23.2 Å². The Balaban J connectivity index is 1.79. The van der Waals surface area contributed by atoms with Crippen molar-refractivity contribution < 1.29 is 22.9 Å². The minimum Gasteiger partial charge on any atom is -0.456 e. The van der Waals surface area contributed by atoms with Gasteiger partial charge in [-0.2, -0.15) is 0 Å². The molecule has 0 saturated carbocycles. The second-order valence-corrected chi connectivity index (χ2v) is 8.82. The Kier molecular flexibility index (Phi) is 4.99. The van der Waals surface area contributed by atoms with Crippen molar-refractivity contribution in [2.75, 3.05) is 24.6 Å². The van der Waals surface area contributed by atoms with Crippen molar-refractivity contribution >= 4 is 33.1 Å². The van der Waals surface area contributed by atoms with Crippen LogP contribution in [0.5, 0.6) is 0 Å². The van der Waals surface area contributed by atoms with Crippen LogP contribution in [0.15, 0.2) is 18.2 Å². The molecule has 0 aliphatic carbocycles. The molecule has 2 unspecified atom stereocenters. The Hall–Kier alpha value is -1.71. The number of sulfone groups is 1. The van der Waals surface area contributed by atoms with Gasteiger partial charge in [-0.1, -0.05) is 11.6 Å². The van der Waals surface area contributed by atoms with Crippen LogP contribution in [0.2, 0.25) is 5.02 Å². The largest absolute Gasteiger partial charge is 0.456 e. The Morgan fingerprint density at radius 2 is 1.96 bits per heavy atom. The Morgan fingerprint density at radius 1 is 1.28 bits per heavy atom. The molecule has 2 atom stereocenters. The fraction of sp³-hybridized carbons (Fsp3) is 0.533. The van der Waals surface area contributed by atoms with Crippen molar-refractivity contribution in [3.63, 3.8) is 0 Å². The molecule has 25 heavy (non-hydrogen) atoms. The molecular weight excluding hydrogens is 372 g/mol. The van der Waals surface area contributed by atoms with Gasteiger partial charge in [-0.15, -0.1) is 0 Å². The monoisotopic (exact) mass is 388 g/mol. The van der Waals surface area contributed by atoms with Gasteiger partial charge < -0.3 is 4.74 Å². The molecule has 3 rings (SSSR count). The second-order valence-electron chi connectivity index (χ2n) is 6.25. The van der Waals surface area contributed by atoms with Crippen LogP contribution in [0.25, 0.3) is 0 Å². The van der Waals surface area contributed by atoms with Crippen molar-refractivity contribution in [1.29, 1.82) is 0 Å². The molecule has 0 amide bonds. The zero-order chi connectivity index (χ0) is 18.2. The summed E-state index contributed by atoms with van der Waals surface area (Å²) < 4.78 is 29.4. The summed E-state index contributed by atoms with van der Waals surface area (Å²) >= 11 is 5.73. The number of likely N-dealkylation sites (tertiary alicyclic amines) is 1. The Bertz CT molecular complexity index is 806. The number of nitro groups is 1. The highest BCUT2D eigenvalue weighted by molar-refractivity contribution is 7.91. The van der Waals surface area contributed by atoms with Crippen molar-refractivity contribution in [3.05, 3.63) is 38.9 Å². The molecule has 2 saturated heterocycles. The third kappa shape index (κ3) is 3.94. The van der Waals surface area contributed by atoms with Gasteiger partial charge in [0.25, 0.3) is 5.69 Å². The molecule has 1 aromatic rings. The van der Waals surface area contributed by atoms with E-state index in [1.807, 2.05) is 4.90 Å². The lowest BCUT2D eigenvalue weighted by molar-refractivity contribution is -0.384. The van der Waals surface area contributed by atoms with Crippen LogP contribution < -0.4 is 0 Å². The molecule has 0 spiro atoms. The molecule has 0 bridgehead atoms. The van der Waals surface area contributed by atoms with Crippen molar-refractivity contribution in [1.82, 2.24) is 4.90 Å². The van der Waals surface area contributed by atoms with Crippen LogP contribution in [-0.2, 0) is 14.6 Å². The van der Waals surface area contributed by atoms with Crippen LogP contribution >= 0.6 is 11.6 Å². The van der Waals surface area contributed by atoms with Crippen LogP contribution in [-0.4, -0.2) is 61.0 Å². The molecular formula is C15H17ClN2O6S. The molecule has 0 aromatic heterocycles. The topological polar surface area (TPSA) is 107 Å². The molecule has 8 nitrogen and oxygen atoms in total. The third-order valence-corrected chi connectivity index (χ3v) is 6.52. The van der Waals surface area contributed by atoms with Gasteiger partial charge in [-0.25, -0.2) is 13.2 Å². The van der Waals surface area contributed by atoms with E-state index in [0.29, 0.717) is 0 Å². The highest BCUT2D eigenvalue weighted by Crippen LogP contribution is 2.28. The zero-order valence-corrected chi connectivity index (χ0v) is 14.8. The van der Waals surface area contributed by atoms with E-state index in [9.17, 15) is 23.3 Å². The number of esters is 1. The number of halogens is 1. The minimum absolute atomic E-state index is 0.0273. The number of carbonyl (C=O) groups excluding carboxylic acids is 1. The molecule has 0 N–H and O–H groups in total. The number of nitrogens with zero attached hydrogens (tertiary/aromatic N) is 2. The SMILES string of the molecule is O=C(OC1CS(=O)(=O)CC1N1CCCC1)c1ccc(Cl)c([N+](=O)[O-])c1. The summed E-state index contributed by atoms with van der Waals surface area (Å²) in [5.41, 5.74) is -0.424. The Labute approximate surface area is 149 Å². The van der Waals surface area contributed by atoms with Gasteiger partial charge in [0.05, 0.1) is 28.0 Å². The van der Waals surface area contributed by atoms with E-state index >= 15 is 0 Å². The van der Waals surface area contributed by atoms with E-state index in [4.69, 9.17) is 16.3 Å². The highest BCUT2D eigenvalue weighted by Gasteiger charge is 2.44. The van der Waals surface area contributed by atoms with E-state index in [1.54, 1.807) is 0 Å².